The highest BCUT2D eigenvalue weighted by Crippen LogP contribution is 2.36. The normalized spacial score (nSPS) is 10.4. The molecule has 2 rings (SSSR count). The van der Waals surface area contributed by atoms with Crippen LogP contribution in [-0.4, -0.2) is 4.98 Å². The van der Waals surface area contributed by atoms with Gasteiger partial charge in [-0.3, -0.25) is 4.98 Å². The molecule has 0 saturated heterocycles. The summed E-state index contributed by atoms with van der Waals surface area (Å²) in [7, 11) is 0. The molecule has 2 N–H and O–H groups in total. The Labute approximate surface area is 91.4 Å². The molecule has 2 aromatic heterocycles. The fourth-order valence-corrected chi connectivity index (χ4v) is 2.30. The van der Waals surface area contributed by atoms with Crippen LogP contribution in [0, 0.1) is 6.92 Å². The number of nitrogens with zero attached hydrogens (tertiary/aromatic N) is 1. The summed E-state index contributed by atoms with van der Waals surface area (Å²) in [6.45, 7) is 2.01. The third kappa shape index (κ3) is 1.74. The van der Waals surface area contributed by atoms with Crippen molar-refractivity contribution in [3.63, 3.8) is 0 Å². The minimum Gasteiger partial charge on any atom is -0.389 e. The predicted molar refractivity (Wildman–Crippen MR) is 61.7 cm³/mol. The van der Waals surface area contributed by atoms with Gasteiger partial charge in [-0.05, 0) is 24.6 Å². The van der Waals surface area contributed by atoms with Gasteiger partial charge in [-0.2, -0.15) is 0 Å². The predicted octanol–water partition coefficient (Wildman–Crippen LogP) is 3.35. The molecule has 2 aromatic rings. The molecule has 0 spiro atoms. The second-order valence-electron chi connectivity index (χ2n) is 3.07. The number of anilines is 1. The lowest BCUT2D eigenvalue weighted by Gasteiger charge is -1.96. The molecule has 0 bridgehead atoms. The first kappa shape index (κ1) is 9.49. The molecule has 0 aliphatic carbocycles. The molecule has 0 atom stereocenters. The van der Waals surface area contributed by atoms with Gasteiger partial charge in [0.05, 0.1) is 5.02 Å². The zero-order valence-corrected chi connectivity index (χ0v) is 9.19. The van der Waals surface area contributed by atoms with Crippen LogP contribution in [0.3, 0.4) is 0 Å². The fraction of sp³-hybridized carbons (Fsp3) is 0.100. The van der Waals surface area contributed by atoms with Gasteiger partial charge < -0.3 is 5.73 Å². The number of nitrogens with two attached hydrogens (primary N) is 1. The second-order valence-corrected chi connectivity index (χ2v) is 4.56. The topological polar surface area (TPSA) is 38.9 Å². The van der Waals surface area contributed by atoms with E-state index in [4.69, 9.17) is 17.3 Å². The quantitative estimate of drug-likeness (QED) is 0.807. The number of aryl methyl sites for hydroxylation is 1. The molecule has 4 heteroatoms. The Morgan fingerprint density at radius 2 is 2.14 bits per heavy atom. The van der Waals surface area contributed by atoms with Gasteiger partial charge in [0.2, 0.25) is 0 Å². The summed E-state index contributed by atoms with van der Waals surface area (Å²) in [5.74, 6) is 0. The summed E-state index contributed by atoms with van der Waals surface area (Å²) in [6, 6.07) is 3.94. The van der Waals surface area contributed by atoms with E-state index >= 15 is 0 Å². The molecular formula is C10H9ClN2S. The highest BCUT2D eigenvalue weighted by atomic mass is 35.5. The van der Waals surface area contributed by atoms with Crippen LogP contribution in [0.1, 0.15) is 5.56 Å². The van der Waals surface area contributed by atoms with E-state index < -0.39 is 0 Å². The monoisotopic (exact) mass is 224 g/mol. The van der Waals surface area contributed by atoms with Crippen LogP contribution in [0.25, 0.3) is 10.4 Å². The molecule has 2 nitrogen and oxygen atoms in total. The number of pyridine rings is 1. The van der Waals surface area contributed by atoms with Crippen molar-refractivity contribution in [3.8, 4) is 10.4 Å². The van der Waals surface area contributed by atoms with Crippen molar-refractivity contribution < 1.29 is 0 Å². The van der Waals surface area contributed by atoms with Gasteiger partial charge in [-0.15, -0.1) is 11.3 Å². The van der Waals surface area contributed by atoms with Crippen LogP contribution in [0.4, 0.5) is 5.00 Å². The molecule has 0 aliphatic heterocycles. The van der Waals surface area contributed by atoms with Gasteiger partial charge in [-0.1, -0.05) is 11.6 Å². The minimum absolute atomic E-state index is 0.617. The molecule has 0 unspecified atom stereocenters. The van der Waals surface area contributed by atoms with Gasteiger partial charge in [0.25, 0.3) is 0 Å². The van der Waals surface area contributed by atoms with E-state index in [0.29, 0.717) is 10.0 Å². The molecule has 0 aliphatic rings. The molecule has 0 radical (unpaired) electrons. The van der Waals surface area contributed by atoms with Crippen molar-refractivity contribution in [3.05, 3.63) is 35.1 Å². The Kier molecular flexibility index (Phi) is 2.44. The zero-order valence-electron chi connectivity index (χ0n) is 7.62. The number of aromatic nitrogens is 1. The maximum atomic E-state index is 5.88. The average Bonchev–Trinajstić information content (AvgIpc) is 2.47. The number of nitrogen functional groups attached to an aromatic ring is 1. The van der Waals surface area contributed by atoms with Crippen molar-refractivity contribution in [2.75, 3.05) is 5.73 Å². The highest BCUT2D eigenvalue weighted by molar-refractivity contribution is 7.19. The van der Waals surface area contributed by atoms with E-state index in [1.165, 1.54) is 11.3 Å². The summed E-state index contributed by atoms with van der Waals surface area (Å²) < 4.78 is 0. The Bertz CT molecular complexity index is 445. The number of hydrogen-bond acceptors (Lipinski definition) is 3. The summed E-state index contributed by atoms with van der Waals surface area (Å²) >= 11 is 7.37. The Hall–Kier alpha value is -1.06. The van der Waals surface area contributed by atoms with Crippen molar-refractivity contribution >= 4 is 27.9 Å². The molecule has 0 fully saturated rings. The summed E-state index contributed by atoms with van der Waals surface area (Å²) in [4.78, 5) is 5.18. The first-order valence-electron chi connectivity index (χ1n) is 4.13. The van der Waals surface area contributed by atoms with Crippen LogP contribution in [0.15, 0.2) is 24.5 Å². The van der Waals surface area contributed by atoms with Crippen LogP contribution in [-0.2, 0) is 0 Å². The number of halogens is 1. The van der Waals surface area contributed by atoms with Gasteiger partial charge in [0.1, 0.15) is 5.00 Å². The Morgan fingerprint density at radius 1 is 1.36 bits per heavy atom. The lowest BCUT2D eigenvalue weighted by Crippen LogP contribution is -1.78. The van der Waals surface area contributed by atoms with Crippen LogP contribution in [0.2, 0.25) is 5.02 Å². The van der Waals surface area contributed by atoms with E-state index in [2.05, 4.69) is 11.1 Å². The number of thiophene rings is 1. The summed E-state index contributed by atoms with van der Waals surface area (Å²) in [6.07, 6.45) is 3.64. The van der Waals surface area contributed by atoms with E-state index in [1.807, 2.05) is 25.4 Å². The smallest absolute Gasteiger partial charge is 0.105 e. The van der Waals surface area contributed by atoms with E-state index in [0.717, 1.165) is 16.0 Å². The van der Waals surface area contributed by atoms with Crippen LogP contribution in [0.5, 0.6) is 0 Å². The molecule has 0 saturated carbocycles. The highest BCUT2D eigenvalue weighted by Gasteiger charge is 2.06. The zero-order chi connectivity index (χ0) is 10.1. The van der Waals surface area contributed by atoms with Crippen LogP contribution < -0.4 is 5.73 Å². The maximum Gasteiger partial charge on any atom is 0.105 e. The average molecular weight is 225 g/mol. The summed E-state index contributed by atoms with van der Waals surface area (Å²) in [5, 5.41) is 1.27. The third-order valence-corrected chi connectivity index (χ3v) is 3.31. The SMILES string of the molecule is Cc1cncc(-c2cc(Cl)c(N)s2)c1. The van der Waals surface area contributed by atoms with Gasteiger partial charge in [0.15, 0.2) is 0 Å². The molecule has 72 valence electrons. The van der Waals surface area contributed by atoms with E-state index in [1.54, 1.807) is 0 Å². The number of rotatable bonds is 1. The lowest BCUT2D eigenvalue weighted by atomic mass is 10.2. The summed E-state index contributed by atoms with van der Waals surface area (Å²) in [5.41, 5.74) is 7.88. The van der Waals surface area contributed by atoms with Gasteiger partial charge in [-0.25, -0.2) is 0 Å². The van der Waals surface area contributed by atoms with E-state index in [9.17, 15) is 0 Å². The molecular weight excluding hydrogens is 216 g/mol. The van der Waals surface area contributed by atoms with Crippen molar-refractivity contribution in [1.82, 2.24) is 4.98 Å². The standard InChI is InChI=1S/C10H9ClN2S/c1-6-2-7(5-13-4-6)9-3-8(11)10(12)14-9/h2-5H,12H2,1H3. The Balaban J connectivity index is 2.49. The molecule has 14 heavy (non-hydrogen) atoms. The first-order valence-corrected chi connectivity index (χ1v) is 5.33. The third-order valence-electron chi connectivity index (χ3n) is 1.87. The maximum absolute atomic E-state index is 5.88. The van der Waals surface area contributed by atoms with E-state index in [-0.39, 0.29) is 0 Å². The largest absolute Gasteiger partial charge is 0.389 e. The first-order chi connectivity index (χ1) is 6.66. The number of hydrogen-bond donors (Lipinski definition) is 1. The van der Waals surface area contributed by atoms with Crippen molar-refractivity contribution in [2.45, 2.75) is 6.92 Å². The molecule has 0 amide bonds. The van der Waals surface area contributed by atoms with Gasteiger partial charge >= 0.3 is 0 Å². The second kappa shape index (κ2) is 3.59. The fourth-order valence-electron chi connectivity index (χ4n) is 1.21. The molecule has 2 heterocycles. The van der Waals surface area contributed by atoms with Gasteiger partial charge in [0, 0.05) is 22.8 Å². The lowest BCUT2D eigenvalue weighted by molar-refractivity contribution is 1.27. The van der Waals surface area contributed by atoms with Crippen molar-refractivity contribution in [1.29, 1.82) is 0 Å². The van der Waals surface area contributed by atoms with Crippen molar-refractivity contribution in [2.24, 2.45) is 0 Å². The Morgan fingerprint density at radius 3 is 2.71 bits per heavy atom. The van der Waals surface area contributed by atoms with Crippen LogP contribution >= 0.6 is 22.9 Å². The minimum atomic E-state index is 0.617. The molecule has 0 aromatic carbocycles.